The minimum atomic E-state index is 0.142. The van der Waals surface area contributed by atoms with Crippen LogP contribution in [0.5, 0.6) is 0 Å². The molecule has 0 fully saturated rings. The van der Waals surface area contributed by atoms with E-state index in [1.54, 1.807) is 13.0 Å². The van der Waals surface area contributed by atoms with Crippen LogP contribution in [-0.2, 0) is 4.79 Å². The van der Waals surface area contributed by atoms with E-state index in [-0.39, 0.29) is 5.78 Å². The van der Waals surface area contributed by atoms with Gasteiger partial charge in [0.15, 0.2) is 5.78 Å². The summed E-state index contributed by atoms with van der Waals surface area (Å²) in [6.07, 6.45) is 13.4. The van der Waals surface area contributed by atoms with Gasteiger partial charge in [0.1, 0.15) is 0 Å². The molecule has 0 radical (unpaired) electrons. The molecule has 0 aliphatic heterocycles. The molecule has 0 saturated carbocycles. The predicted octanol–water partition coefficient (Wildman–Crippen LogP) is 6.33. The predicted molar refractivity (Wildman–Crippen MR) is 88.7 cm³/mol. The maximum absolute atomic E-state index is 11.2. The summed E-state index contributed by atoms with van der Waals surface area (Å²) in [7, 11) is 0. The van der Waals surface area contributed by atoms with Crippen molar-refractivity contribution in [2.75, 3.05) is 0 Å². The lowest BCUT2D eigenvalue weighted by Crippen LogP contribution is -1.92. The summed E-state index contributed by atoms with van der Waals surface area (Å²) in [6, 6.07) is 0. The number of halogens is 1. The van der Waals surface area contributed by atoms with Gasteiger partial charge in [0, 0.05) is 0 Å². The molecular weight excluding hydrogens is 300 g/mol. The highest BCUT2D eigenvalue weighted by Gasteiger charge is 2.02. The van der Waals surface area contributed by atoms with Crippen LogP contribution in [0.25, 0.3) is 0 Å². The van der Waals surface area contributed by atoms with Gasteiger partial charge in [0.2, 0.25) is 0 Å². The van der Waals surface area contributed by atoms with E-state index >= 15 is 0 Å². The van der Waals surface area contributed by atoms with Crippen LogP contribution in [0.3, 0.4) is 0 Å². The van der Waals surface area contributed by atoms with Gasteiger partial charge in [0.25, 0.3) is 0 Å². The molecule has 0 amide bonds. The second kappa shape index (κ2) is 12.7. The summed E-state index contributed by atoms with van der Waals surface area (Å²) in [5.74, 6) is 0.142. The smallest absolute Gasteiger partial charge is 0.152 e. The van der Waals surface area contributed by atoms with Crippen molar-refractivity contribution >= 4 is 21.7 Å². The first-order valence-electron chi connectivity index (χ1n) is 7.60. The molecule has 0 saturated heterocycles. The number of unbranched alkanes of at least 4 members (excludes halogenated alkanes) is 7. The minimum absolute atomic E-state index is 0.142. The highest BCUT2D eigenvalue weighted by Crippen LogP contribution is 2.19. The lowest BCUT2D eigenvalue weighted by molar-refractivity contribution is -0.112. The van der Waals surface area contributed by atoms with Gasteiger partial charge in [-0.05, 0) is 48.9 Å². The second-order valence-electron chi connectivity index (χ2n) is 5.30. The molecule has 0 N–H and O–H groups in total. The number of rotatable bonds is 11. The van der Waals surface area contributed by atoms with Gasteiger partial charge in [-0.1, -0.05) is 67.8 Å². The molecule has 0 spiro atoms. The van der Waals surface area contributed by atoms with Gasteiger partial charge < -0.3 is 0 Å². The summed E-state index contributed by atoms with van der Waals surface area (Å²) >= 11 is 3.35. The fourth-order valence-corrected chi connectivity index (χ4v) is 2.44. The summed E-state index contributed by atoms with van der Waals surface area (Å²) in [5, 5.41) is 0. The Balaban J connectivity index is 3.80. The molecule has 0 heterocycles. The van der Waals surface area contributed by atoms with Crippen LogP contribution in [0.1, 0.15) is 78.6 Å². The summed E-state index contributed by atoms with van der Waals surface area (Å²) < 4.78 is 0. The van der Waals surface area contributed by atoms with Crippen molar-refractivity contribution in [1.82, 2.24) is 0 Å². The summed E-state index contributed by atoms with van der Waals surface area (Å²) in [4.78, 5) is 13.1. The Hall–Kier alpha value is -0.370. The zero-order valence-corrected chi connectivity index (χ0v) is 14.4. The van der Waals surface area contributed by atoms with Gasteiger partial charge in [-0.25, -0.2) is 0 Å². The van der Waals surface area contributed by atoms with Gasteiger partial charge >= 0.3 is 0 Å². The molecule has 0 aromatic carbocycles. The fraction of sp³-hybridized carbons (Fsp3) is 0.706. The highest BCUT2D eigenvalue weighted by atomic mass is 79.9. The van der Waals surface area contributed by atoms with E-state index in [2.05, 4.69) is 22.9 Å². The van der Waals surface area contributed by atoms with Crippen molar-refractivity contribution in [3.8, 4) is 0 Å². The first-order chi connectivity index (χ1) is 9.11. The Bertz CT molecular complexity index is 302. The third-order valence-electron chi connectivity index (χ3n) is 3.35. The zero-order chi connectivity index (χ0) is 14.5. The van der Waals surface area contributed by atoms with Crippen LogP contribution in [0, 0.1) is 0 Å². The van der Waals surface area contributed by atoms with E-state index in [1.807, 2.05) is 11.9 Å². The molecule has 0 aromatic heterocycles. The Kier molecular flexibility index (Phi) is 12.4. The number of hydrogen-bond acceptors (Lipinski definition) is 1. The minimum Gasteiger partial charge on any atom is -0.295 e. The molecule has 0 unspecified atom stereocenters. The normalized spacial score (nSPS) is 12.8. The van der Waals surface area contributed by atoms with Gasteiger partial charge in [-0.3, -0.25) is 4.79 Å². The quantitative estimate of drug-likeness (QED) is 0.246. The Labute approximate surface area is 127 Å². The number of hydrogen-bond donors (Lipinski definition) is 0. The molecule has 0 rings (SSSR count). The molecule has 0 atom stereocenters. The number of allylic oxidation sites excluding steroid dienone is 3. The van der Waals surface area contributed by atoms with E-state index in [4.69, 9.17) is 0 Å². The Morgan fingerprint density at radius 2 is 1.47 bits per heavy atom. The third-order valence-corrected chi connectivity index (χ3v) is 4.03. The number of ketones is 1. The number of carbonyl (C=O) groups excluding carboxylic acids is 1. The van der Waals surface area contributed by atoms with Gasteiger partial charge in [-0.15, -0.1) is 0 Å². The first-order valence-corrected chi connectivity index (χ1v) is 8.51. The van der Waals surface area contributed by atoms with E-state index < -0.39 is 0 Å². The average Bonchev–Trinajstić information content (AvgIpc) is 2.39. The molecule has 1 nitrogen and oxygen atoms in total. The summed E-state index contributed by atoms with van der Waals surface area (Å²) in [6.45, 7) is 5.92. The Morgan fingerprint density at radius 1 is 0.947 bits per heavy atom. The SMILES string of the molecule is CCCCCCCCCCC(=C/C(C)=O)/C(C)=C/Br. The van der Waals surface area contributed by atoms with E-state index in [0.29, 0.717) is 0 Å². The van der Waals surface area contributed by atoms with Crippen molar-refractivity contribution < 1.29 is 4.79 Å². The standard InChI is InChI=1S/C17H29BrO/c1-4-5-6-7-8-9-10-11-12-17(13-16(3)19)15(2)14-18/h13-14H,4-12H2,1-3H3/b15-14+,17-13-. The molecule has 2 heteroatoms. The van der Waals surface area contributed by atoms with Crippen molar-refractivity contribution in [1.29, 1.82) is 0 Å². The largest absolute Gasteiger partial charge is 0.295 e. The summed E-state index contributed by atoms with van der Waals surface area (Å²) in [5.41, 5.74) is 2.34. The fourth-order valence-electron chi connectivity index (χ4n) is 2.15. The lowest BCUT2D eigenvalue weighted by atomic mass is 9.99. The number of carbonyl (C=O) groups is 1. The average molecular weight is 329 g/mol. The van der Waals surface area contributed by atoms with E-state index in [1.165, 1.54) is 56.9 Å². The molecule has 0 aromatic rings. The van der Waals surface area contributed by atoms with Crippen molar-refractivity contribution in [2.24, 2.45) is 0 Å². The lowest BCUT2D eigenvalue weighted by Gasteiger charge is -2.07. The van der Waals surface area contributed by atoms with Crippen LogP contribution in [-0.4, -0.2) is 5.78 Å². The monoisotopic (exact) mass is 328 g/mol. The molecule has 110 valence electrons. The molecule has 19 heavy (non-hydrogen) atoms. The first kappa shape index (κ1) is 18.6. The maximum Gasteiger partial charge on any atom is 0.152 e. The second-order valence-corrected chi connectivity index (χ2v) is 5.76. The van der Waals surface area contributed by atoms with Crippen LogP contribution >= 0.6 is 15.9 Å². The van der Waals surface area contributed by atoms with Crippen LogP contribution in [0.4, 0.5) is 0 Å². The zero-order valence-electron chi connectivity index (χ0n) is 12.8. The van der Waals surface area contributed by atoms with Gasteiger partial charge in [-0.2, -0.15) is 0 Å². The highest BCUT2D eigenvalue weighted by molar-refractivity contribution is 9.11. The van der Waals surface area contributed by atoms with Crippen molar-refractivity contribution in [3.05, 3.63) is 22.2 Å². The van der Waals surface area contributed by atoms with Crippen LogP contribution in [0.2, 0.25) is 0 Å². The molecule has 0 aliphatic carbocycles. The van der Waals surface area contributed by atoms with Crippen LogP contribution < -0.4 is 0 Å². The third kappa shape index (κ3) is 11.2. The van der Waals surface area contributed by atoms with Crippen LogP contribution in [0.15, 0.2) is 22.2 Å². The van der Waals surface area contributed by atoms with E-state index in [9.17, 15) is 4.79 Å². The molecule has 0 bridgehead atoms. The van der Waals surface area contributed by atoms with Crippen molar-refractivity contribution in [3.63, 3.8) is 0 Å². The Morgan fingerprint density at radius 3 is 1.95 bits per heavy atom. The molecular formula is C17H29BrO. The van der Waals surface area contributed by atoms with Crippen molar-refractivity contribution in [2.45, 2.75) is 78.6 Å². The van der Waals surface area contributed by atoms with Gasteiger partial charge in [0.05, 0.1) is 0 Å². The molecule has 0 aliphatic rings. The topological polar surface area (TPSA) is 17.1 Å². The van der Waals surface area contributed by atoms with E-state index in [0.717, 1.165) is 12.0 Å². The maximum atomic E-state index is 11.2.